The zero-order valence-electron chi connectivity index (χ0n) is 10.5. The van der Waals surface area contributed by atoms with Crippen molar-refractivity contribution in [2.24, 2.45) is 0 Å². The first kappa shape index (κ1) is 12.1. The van der Waals surface area contributed by atoms with Crippen molar-refractivity contribution >= 4 is 28.1 Å². The Bertz CT molecular complexity index is 633. The van der Waals surface area contributed by atoms with Gasteiger partial charge in [-0.1, -0.05) is 0 Å². The van der Waals surface area contributed by atoms with Crippen LogP contribution in [0.25, 0.3) is 0 Å². The van der Waals surface area contributed by atoms with Crippen LogP contribution >= 0.6 is 11.3 Å². The summed E-state index contributed by atoms with van der Waals surface area (Å²) in [6.45, 7) is 1.83. The van der Waals surface area contributed by atoms with Gasteiger partial charge < -0.3 is 5.73 Å². The lowest BCUT2D eigenvalue weighted by Crippen LogP contribution is -2.14. The van der Waals surface area contributed by atoms with Crippen LogP contribution in [0.1, 0.15) is 40.5 Å². The number of thiazole rings is 1. The number of rotatable bonds is 3. The van der Waals surface area contributed by atoms with Crippen molar-refractivity contribution < 1.29 is 4.79 Å². The van der Waals surface area contributed by atoms with E-state index in [2.05, 4.69) is 15.3 Å². The smallest absolute Gasteiger partial charge is 0.261 e. The Morgan fingerprint density at radius 3 is 3.00 bits per heavy atom. The van der Waals surface area contributed by atoms with Gasteiger partial charge in [0, 0.05) is 28.9 Å². The van der Waals surface area contributed by atoms with Crippen molar-refractivity contribution in [3.63, 3.8) is 0 Å². The number of hydrogen-bond donors (Lipinski definition) is 2. The van der Waals surface area contributed by atoms with E-state index >= 15 is 0 Å². The van der Waals surface area contributed by atoms with E-state index in [0.717, 1.165) is 11.4 Å². The van der Waals surface area contributed by atoms with Gasteiger partial charge in [-0.3, -0.25) is 15.1 Å². The Kier molecular flexibility index (Phi) is 2.94. The molecule has 3 N–H and O–H groups in total. The quantitative estimate of drug-likeness (QED) is 0.901. The van der Waals surface area contributed by atoms with E-state index < -0.39 is 0 Å². The van der Waals surface area contributed by atoms with Gasteiger partial charge in [0.2, 0.25) is 0 Å². The minimum Gasteiger partial charge on any atom is -0.398 e. The van der Waals surface area contributed by atoms with Crippen molar-refractivity contribution in [3.05, 3.63) is 34.6 Å². The highest BCUT2D eigenvalue weighted by Gasteiger charge is 2.26. The molecule has 0 saturated heterocycles. The highest BCUT2D eigenvalue weighted by atomic mass is 32.1. The van der Waals surface area contributed by atoms with Gasteiger partial charge in [-0.05, 0) is 25.8 Å². The predicted molar refractivity (Wildman–Crippen MR) is 75.4 cm³/mol. The fourth-order valence-electron chi connectivity index (χ4n) is 1.85. The normalized spacial score (nSPS) is 14.4. The largest absolute Gasteiger partial charge is 0.398 e. The van der Waals surface area contributed by atoms with Crippen LogP contribution in [0.3, 0.4) is 0 Å². The molecule has 0 atom stereocenters. The summed E-state index contributed by atoms with van der Waals surface area (Å²) in [6, 6.07) is 1.69. The number of nitrogens with two attached hydrogens (primary N) is 1. The average Bonchev–Trinajstić information content (AvgIpc) is 3.10. The number of amides is 1. The van der Waals surface area contributed by atoms with E-state index in [1.807, 2.05) is 12.3 Å². The molecule has 6 heteroatoms. The van der Waals surface area contributed by atoms with Crippen LogP contribution in [0.5, 0.6) is 0 Å². The number of nitrogen functional groups attached to an aromatic ring is 1. The highest BCUT2D eigenvalue weighted by molar-refractivity contribution is 7.14. The fraction of sp³-hybridized carbons (Fsp3) is 0.308. The van der Waals surface area contributed by atoms with E-state index in [1.54, 1.807) is 6.07 Å². The molecule has 19 heavy (non-hydrogen) atoms. The van der Waals surface area contributed by atoms with Crippen molar-refractivity contribution in [2.75, 3.05) is 11.1 Å². The monoisotopic (exact) mass is 274 g/mol. The number of nitrogens with zero attached hydrogens (tertiary/aromatic N) is 2. The Labute approximate surface area is 114 Å². The summed E-state index contributed by atoms with van der Waals surface area (Å²) in [7, 11) is 0. The molecule has 1 fully saturated rings. The summed E-state index contributed by atoms with van der Waals surface area (Å²) in [5.41, 5.74) is 8.51. The number of carbonyl (C=O) groups excluding carboxylic acids is 1. The van der Waals surface area contributed by atoms with Crippen LogP contribution in [0.2, 0.25) is 0 Å². The molecule has 2 aromatic rings. The highest BCUT2D eigenvalue weighted by Crippen LogP contribution is 2.40. The third kappa shape index (κ3) is 2.58. The van der Waals surface area contributed by atoms with E-state index in [4.69, 9.17) is 5.73 Å². The van der Waals surface area contributed by atoms with Crippen LogP contribution in [-0.4, -0.2) is 15.9 Å². The Hall–Kier alpha value is -1.95. The van der Waals surface area contributed by atoms with Gasteiger partial charge in [0.15, 0.2) is 5.13 Å². The van der Waals surface area contributed by atoms with Gasteiger partial charge in [0.05, 0.1) is 11.3 Å². The molecule has 0 spiro atoms. The summed E-state index contributed by atoms with van der Waals surface area (Å²) in [4.78, 5) is 20.6. The number of hydrogen-bond acceptors (Lipinski definition) is 5. The summed E-state index contributed by atoms with van der Waals surface area (Å²) < 4.78 is 0. The molecule has 2 heterocycles. The lowest BCUT2D eigenvalue weighted by Gasteiger charge is -2.05. The topological polar surface area (TPSA) is 80.9 Å². The first-order valence-electron chi connectivity index (χ1n) is 6.12. The standard InChI is InChI=1S/C13H14N4OS/c1-7-4-10(14)9(5-15-7)12(18)17-13-16-11(6-19-13)8-2-3-8/h4-6,8H,2-3H2,1H3,(H2,14,15)(H,16,17,18). The Morgan fingerprint density at radius 2 is 2.32 bits per heavy atom. The molecule has 1 amide bonds. The van der Waals surface area contributed by atoms with Gasteiger partial charge in [0.1, 0.15) is 0 Å². The first-order chi connectivity index (χ1) is 9.13. The van der Waals surface area contributed by atoms with Crippen LogP contribution in [0.15, 0.2) is 17.6 Å². The third-order valence-corrected chi connectivity index (χ3v) is 3.83. The van der Waals surface area contributed by atoms with Crippen molar-refractivity contribution in [1.29, 1.82) is 0 Å². The number of carbonyl (C=O) groups is 1. The molecule has 0 unspecified atom stereocenters. The molecule has 98 valence electrons. The molecule has 0 radical (unpaired) electrons. The van der Waals surface area contributed by atoms with Gasteiger partial charge in [-0.25, -0.2) is 4.98 Å². The lowest BCUT2D eigenvalue weighted by atomic mass is 10.2. The molecule has 1 saturated carbocycles. The number of aryl methyl sites for hydroxylation is 1. The van der Waals surface area contributed by atoms with Gasteiger partial charge in [-0.2, -0.15) is 0 Å². The second kappa shape index (κ2) is 4.62. The van der Waals surface area contributed by atoms with E-state index in [0.29, 0.717) is 22.3 Å². The number of pyridine rings is 1. The molecule has 1 aliphatic rings. The van der Waals surface area contributed by atoms with Crippen molar-refractivity contribution in [1.82, 2.24) is 9.97 Å². The van der Waals surface area contributed by atoms with Gasteiger partial charge >= 0.3 is 0 Å². The fourth-order valence-corrected chi connectivity index (χ4v) is 2.63. The number of anilines is 2. The molecule has 5 nitrogen and oxygen atoms in total. The Balaban J connectivity index is 1.76. The minimum absolute atomic E-state index is 0.262. The Morgan fingerprint density at radius 1 is 1.53 bits per heavy atom. The first-order valence-corrected chi connectivity index (χ1v) is 7.00. The maximum Gasteiger partial charge on any atom is 0.261 e. The van der Waals surface area contributed by atoms with Crippen LogP contribution in [-0.2, 0) is 0 Å². The van der Waals surface area contributed by atoms with Crippen LogP contribution in [0, 0.1) is 6.92 Å². The van der Waals surface area contributed by atoms with Gasteiger partial charge in [-0.15, -0.1) is 11.3 Å². The average molecular weight is 274 g/mol. The zero-order valence-corrected chi connectivity index (χ0v) is 11.3. The number of aromatic nitrogens is 2. The molecule has 1 aliphatic carbocycles. The maximum absolute atomic E-state index is 12.1. The molecule has 3 rings (SSSR count). The summed E-state index contributed by atoms with van der Waals surface area (Å²) >= 11 is 1.45. The predicted octanol–water partition coefficient (Wildman–Crippen LogP) is 2.56. The molecular weight excluding hydrogens is 260 g/mol. The lowest BCUT2D eigenvalue weighted by molar-refractivity contribution is 0.102. The van der Waals surface area contributed by atoms with Crippen LogP contribution < -0.4 is 11.1 Å². The number of nitrogens with one attached hydrogen (secondary N) is 1. The summed E-state index contributed by atoms with van der Waals surface area (Å²) in [6.07, 6.45) is 3.90. The minimum atomic E-state index is -0.262. The second-order valence-electron chi connectivity index (χ2n) is 4.72. The van der Waals surface area contributed by atoms with E-state index in [-0.39, 0.29) is 5.91 Å². The molecule has 2 aromatic heterocycles. The molecule has 0 aromatic carbocycles. The van der Waals surface area contributed by atoms with E-state index in [1.165, 1.54) is 30.4 Å². The summed E-state index contributed by atoms with van der Waals surface area (Å²) in [5, 5.41) is 5.39. The SMILES string of the molecule is Cc1cc(N)c(C(=O)Nc2nc(C3CC3)cs2)cn1. The van der Waals surface area contributed by atoms with Crippen LogP contribution in [0.4, 0.5) is 10.8 Å². The molecular formula is C13H14N4OS. The third-order valence-electron chi connectivity index (χ3n) is 3.06. The van der Waals surface area contributed by atoms with Crippen molar-refractivity contribution in [3.8, 4) is 0 Å². The second-order valence-corrected chi connectivity index (χ2v) is 5.58. The molecule has 0 aliphatic heterocycles. The van der Waals surface area contributed by atoms with E-state index in [9.17, 15) is 4.79 Å². The summed E-state index contributed by atoms with van der Waals surface area (Å²) in [5.74, 6) is 0.328. The molecule has 0 bridgehead atoms. The van der Waals surface area contributed by atoms with Crippen molar-refractivity contribution in [2.45, 2.75) is 25.7 Å². The maximum atomic E-state index is 12.1. The van der Waals surface area contributed by atoms with Gasteiger partial charge in [0.25, 0.3) is 5.91 Å². The zero-order chi connectivity index (χ0) is 13.4.